The van der Waals surface area contributed by atoms with Crippen molar-refractivity contribution in [2.24, 2.45) is 32.9 Å². The molecule has 2 aliphatic rings. The number of amides is 5. The van der Waals surface area contributed by atoms with Gasteiger partial charge in [0.2, 0.25) is 29.5 Å². The lowest BCUT2D eigenvalue weighted by Gasteiger charge is -2.30. The van der Waals surface area contributed by atoms with Gasteiger partial charge in [0.25, 0.3) is 0 Å². The van der Waals surface area contributed by atoms with Gasteiger partial charge in [-0.1, -0.05) is 54.6 Å². The minimum absolute atomic E-state index is 0.00968. The van der Waals surface area contributed by atoms with Crippen molar-refractivity contribution in [2.45, 2.75) is 62.3 Å². The van der Waals surface area contributed by atoms with Crippen molar-refractivity contribution < 1.29 is 29.1 Å². The molecule has 13 N–H and O–H groups in total. The molecule has 3 aromatic rings. The molecule has 0 saturated carbocycles. The smallest absolute Gasteiger partial charge is 0.245 e. The highest BCUT2D eigenvalue weighted by Crippen LogP contribution is 2.24. The van der Waals surface area contributed by atoms with E-state index in [4.69, 9.17) is 22.9 Å². The first-order valence-corrected chi connectivity index (χ1v) is 17.2. The minimum Gasteiger partial charge on any atom is -0.508 e. The second-order valence-electron chi connectivity index (χ2n) is 13.1. The van der Waals surface area contributed by atoms with Gasteiger partial charge in [-0.15, -0.1) is 0 Å². The molecule has 0 unspecified atom stereocenters. The fraction of sp³-hybridized carbons (Fsp3) is 0.361. The fourth-order valence-corrected chi connectivity index (χ4v) is 6.54. The van der Waals surface area contributed by atoms with Crippen molar-refractivity contribution >= 4 is 52.2 Å². The van der Waals surface area contributed by atoms with Crippen LogP contribution < -0.4 is 44.2 Å². The number of hydrogen-bond donors (Lipinski definition) is 9. The van der Waals surface area contributed by atoms with Gasteiger partial charge >= 0.3 is 0 Å². The van der Waals surface area contributed by atoms with Crippen molar-refractivity contribution in [3.63, 3.8) is 0 Å². The molecule has 5 atom stereocenters. The molecule has 0 aromatic heterocycles. The van der Waals surface area contributed by atoms with Crippen LogP contribution in [0.5, 0.6) is 5.75 Å². The Bertz CT molecular complexity index is 1890. The van der Waals surface area contributed by atoms with Crippen molar-refractivity contribution in [3.05, 3.63) is 77.9 Å². The van der Waals surface area contributed by atoms with Gasteiger partial charge in [0.1, 0.15) is 29.9 Å². The number of carbonyl (C=O) groups excluding carboxylic acids is 5. The Morgan fingerprint density at radius 1 is 0.755 bits per heavy atom. The van der Waals surface area contributed by atoms with Gasteiger partial charge in [0.05, 0.1) is 12.6 Å². The van der Waals surface area contributed by atoms with Crippen LogP contribution in [0.25, 0.3) is 10.8 Å². The largest absolute Gasteiger partial charge is 0.508 e. The number of nitrogens with two attached hydrogens (primary N) is 4. The van der Waals surface area contributed by atoms with Crippen molar-refractivity contribution in [1.29, 1.82) is 0 Å². The lowest BCUT2D eigenvalue weighted by Crippen LogP contribution is -2.57. The summed E-state index contributed by atoms with van der Waals surface area (Å²) in [5.41, 5.74) is 23.7. The standard InChI is InChI=1S/C36H45N11O6/c37-35(38)41-13-3-6-26-34(53)47-19-24(43-36(39)40)17-29(47)33(52)46-27(16-21-7-10-22-4-1-2-5-23(22)14-21)31(50)42-18-30(49)44-28(32(51)45-26)15-20-8-11-25(48)12-9-20/h1-2,4-5,7-12,14,24,26-29,48H,3,6,13,15-19H2,(H,42,50)(H,44,49)(H,45,51)(H,46,52)(H4,37,38,41)(H4,39,40,43)/t24-,26-,27-,28+,29-/m0/s1. The van der Waals surface area contributed by atoms with E-state index in [1.807, 2.05) is 42.5 Å². The second-order valence-corrected chi connectivity index (χ2v) is 13.1. The van der Waals surface area contributed by atoms with E-state index < -0.39 is 66.3 Å². The Kier molecular flexibility index (Phi) is 12.3. The molecule has 17 heteroatoms. The zero-order chi connectivity index (χ0) is 38.1. The Morgan fingerprint density at radius 3 is 2.13 bits per heavy atom. The van der Waals surface area contributed by atoms with Gasteiger partial charge < -0.3 is 54.2 Å². The molecule has 0 radical (unpaired) electrons. The van der Waals surface area contributed by atoms with Crippen molar-refractivity contribution in [3.8, 4) is 5.75 Å². The molecule has 0 aliphatic carbocycles. The summed E-state index contributed by atoms with van der Waals surface area (Å²) >= 11 is 0. The van der Waals surface area contributed by atoms with Crippen LogP contribution in [-0.2, 0) is 36.8 Å². The summed E-state index contributed by atoms with van der Waals surface area (Å²) in [4.78, 5) is 78.9. The predicted molar refractivity (Wildman–Crippen MR) is 198 cm³/mol. The molecular weight excluding hydrogens is 682 g/mol. The number of benzene rings is 3. The zero-order valence-electron chi connectivity index (χ0n) is 29.0. The maximum Gasteiger partial charge on any atom is 0.245 e. The number of aliphatic imine (C=N–C) groups is 2. The molecule has 2 aliphatic heterocycles. The molecule has 0 spiro atoms. The summed E-state index contributed by atoms with van der Waals surface area (Å²) in [5.74, 6) is -3.61. The maximum atomic E-state index is 14.4. The van der Waals surface area contributed by atoms with Gasteiger partial charge in [-0.05, 0) is 46.9 Å². The lowest BCUT2D eigenvalue weighted by molar-refractivity contribution is -0.142. The molecule has 53 heavy (non-hydrogen) atoms. The predicted octanol–water partition coefficient (Wildman–Crippen LogP) is -1.79. The number of phenolic OH excluding ortho intramolecular Hbond substituents is 1. The van der Waals surface area contributed by atoms with E-state index in [9.17, 15) is 29.1 Å². The topological polar surface area (TPSA) is 286 Å². The Morgan fingerprint density at radius 2 is 1.42 bits per heavy atom. The third kappa shape index (κ3) is 10.3. The molecular formula is C36H45N11O6. The Balaban J connectivity index is 1.50. The number of hydrogen-bond acceptors (Lipinski definition) is 8. The molecule has 3 aromatic carbocycles. The first-order chi connectivity index (χ1) is 25.4. The molecule has 5 rings (SSSR count). The first-order valence-electron chi connectivity index (χ1n) is 17.2. The van der Waals surface area contributed by atoms with Crippen LogP contribution in [0.2, 0.25) is 0 Å². The highest BCUT2D eigenvalue weighted by molar-refractivity contribution is 5.98. The Labute approximate surface area is 305 Å². The SMILES string of the molecule is NC(N)=NCCC[C@@H]1NC(=O)[C@@H](Cc2ccc(O)cc2)NC(=O)CNC(=O)[C@H](Cc2ccc3ccccc3c2)NC(=O)[C@@H]2C[C@H](N=C(N)N)CN2C1=O. The third-order valence-electron chi connectivity index (χ3n) is 9.09. The first kappa shape index (κ1) is 37.9. The van der Waals surface area contributed by atoms with Crippen LogP contribution in [-0.4, -0.2) is 101 Å². The van der Waals surface area contributed by atoms with E-state index in [0.29, 0.717) is 5.56 Å². The van der Waals surface area contributed by atoms with E-state index in [0.717, 1.165) is 16.3 Å². The summed E-state index contributed by atoms with van der Waals surface area (Å²) in [6, 6.07) is 14.2. The molecule has 2 heterocycles. The van der Waals surface area contributed by atoms with Gasteiger partial charge in [0.15, 0.2) is 11.9 Å². The number of fused-ring (bicyclic) bond motifs is 2. The van der Waals surface area contributed by atoms with Crippen LogP contribution >= 0.6 is 0 Å². The average Bonchev–Trinajstić information content (AvgIpc) is 3.54. The maximum absolute atomic E-state index is 14.4. The van der Waals surface area contributed by atoms with E-state index in [1.165, 1.54) is 17.0 Å². The zero-order valence-corrected chi connectivity index (χ0v) is 29.0. The van der Waals surface area contributed by atoms with E-state index >= 15 is 0 Å². The number of rotatable bonds is 9. The number of aromatic hydroxyl groups is 1. The molecule has 0 bridgehead atoms. The van der Waals surface area contributed by atoms with E-state index in [-0.39, 0.29) is 62.9 Å². The third-order valence-corrected chi connectivity index (χ3v) is 9.09. The fourth-order valence-electron chi connectivity index (χ4n) is 6.54. The summed E-state index contributed by atoms with van der Waals surface area (Å²) in [7, 11) is 0. The van der Waals surface area contributed by atoms with Crippen molar-refractivity contribution in [1.82, 2.24) is 26.2 Å². The summed E-state index contributed by atoms with van der Waals surface area (Å²) < 4.78 is 0. The van der Waals surface area contributed by atoms with Crippen LogP contribution in [0.4, 0.5) is 0 Å². The molecule has 2 saturated heterocycles. The monoisotopic (exact) mass is 727 g/mol. The normalized spacial score (nSPS) is 22.7. The van der Waals surface area contributed by atoms with Crippen molar-refractivity contribution in [2.75, 3.05) is 19.6 Å². The molecule has 280 valence electrons. The number of nitrogens with zero attached hydrogens (tertiary/aromatic N) is 3. The van der Waals surface area contributed by atoms with Gasteiger partial charge in [-0.3, -0.25) is 29.0 Å². The van der Waals surface area contributed by atoms with Gasteiger partial charge in [-0.2, -0.15) is 0 Å². The highest BCUT2D eigenvalue weighted by atomic mass is 16.3. The number of carbonyl (C=O) groups is 5. The molecule has 5 amide bonds. The number of nitrogens with one attached hydrogen (secondary N) is 4. The van der Waals surface area contributed by atoms with Crippen LogP contribution in [0, 0.1) is 0 Å². The van der Waals surface area contributed by atoms with E-state index in [1.54, 1.807) is 12.1 Å². The Hall–Kier alpha value is -6.39. The quantitative estimate of drug-likeness (QED) is 0.0678. The summed E-state index contributed by atoms with van der Waals surface area (Å²) in [6.07, 6.45) is 0.447. The van der Waals surface area contributed by atoms with Crippen LogP contribution in [0.1, 0.15) is 30.4 Å². The van der Waals surface area contributed by atoms with Gasteiger partial charge in [0, 0.05) is 32.4 Å². The summed E-state index contributed by atoms with van der Waals surface area (Å²) in [5, 5.41) is 22.5. The minimum atomic E-state index is -1.20. The van der Waals surface area contributed by atoms with Crippen LogP contribution in [0.3, 0.4) is 0 Å². The number of phenols is 1. The number of guanidine groups is 2. The lowest BCUT2D eigenvalue weighted by atomic mass is 10.0. The average molecular weight is 728 g/mol. The second kappa shape index (κ2) is 17.2. The van der Waals surface area contributed by atoms with E-state index in [2.05, 4.69) is 31.3 Å². The molecule has 17 nitrogen and oxygen atoms in total. The van der Waals surface area contributed by atoms with Crippen LogP contribution in [0.15, 0.2) is 76.7 Å². The van der Waals surface area contributed by atoms with Gasteiger partial charge in [-0.25, -0.2) is 4.99 Å². The molecule has 2 fully saturated rings. The highest BCUT2D eigenvalue weighted by Gasteiger charge is 2.43. The summed E-state index contributed by atoms with van der Waals surface area (Å²) in [6.45, 7) is -0.407.